The zero-order valence-electron chi connectivity index (χ0n) is 12.6. The van der Waals surface area contributed by atoms with Crippen LogP contribution in [0.5, 0.6) is 0 Å². The summed E-state index contributed by atoms with van der Waals surface area (Å²) in [4.78, 5) is 21.1. The molecular formula is C17H19N3O. The van der Waals surface area contributed by atoms with Gasteiger partial charge in [0.2, 0.25) is 5.95 Å². The molecule has 0 spiro atoms. The van der Waals surface area contributed by atoms with E-state index in [-0.39, 0.29) is 5.78 Å². The molecule has 1 N–H and O–H groups in total. The fourth-order valence-corrected chi connectivity index (χ4v) is 2.79. The number of aromatic nitrogens is 2. The molecule has 0 aliphatic heterocycles. The summed E-state index contributed by atoms with van der Waals surface area (Å²) in [6.07, 6.45) is 1.44. The second-order valence-electron chi connectivity index (χ2n) is 5.88. The standard InChI is InChI=1S/C17H19N3O/c1-10-4-6-13(7-5-10)19-17-18-12(3)16-14(20-17)8-11(2)9-15(16)21/h4-7,11H,8-9H2,1-3H3,(H,18,19,20)/t11-/m1/s1. The van der Waals surface area contributed by atoms with Gasteiger partial charge in [-0.1, -0.05) is 24.6 Å². The van der Waals surface area contributed by atoms with E-state index in [4.69, 9.17) is 0 Å². The molecule has 0 radical (unpaired) electrons. The summed E-state index contributed by atoms with van der Waals surface area (Å²) in [5.74, 6) is 1.09. The van der Waals surface area contributed by atoms with Gasteiger partial charge in [0.25, 0.3) is 0 Å². The van der Waals surface area contributed by atoms with Crippen molar-refractivity contribution in [3.8, 4) is 0 Å². The lowest BCUT2D eigenvalue weighted by molar-refractivity contribution is 0.0951. The van der Waals surface area contributed by atoms with Crippen LogP contribution in [0.1, 0.15) is 40.7 Å². The van der Waals surface area contributed by atoms with Crippen molar-refractivity contribution in [3.63, 3.8) is 0 Å². The summed E-state index contributed by atoms with van der Waals surface area (Å²) in [5.41, 5.74) is 4.53. The second-order valence-corrected chi connectivity index (χ2v) is 5.88. The summed E-state index contributed by atoms with van der Waals surface area (Å²) < 4.78 is 0. The van der Waals surface area contributed by atoms with Gasteiger partial charge in [0.15, 0.2) is 5.78 Å². The zero-order valence-corrected chi connectivity index (χ0v) is 12.6. The number of carbonyl (C=O) groups is 1. The second kappa shape index (κ2) is 5.28. The highest BCUT2D eigenvalue weighted by atomic mass is 16.1. The first-order chi connectivity index (χ1) is 10.0. The summed E-state index contributed by atoms with van der Waals surface area (Å²) in [7, 11) is 0. The molecule has 0 amide bonds. The largest absolute Gasteiger partial charge is 0.324 e. The average molecular weight is 281 g/mol. The number of anilines is 2. The first kappa shape index (κ1) is 13.7. The summed E-state index contributed by atoms with van der Waals surface area (Å²) in [6, 6.07) is 8.08. The lowest BCUT2D eigenvalue weighted by Gasteiger charge is -2.21. The molecule has 108 valence electrons. The van der Waals surface area contributed by atoms with Gasteiger partial charge in [0.05, 0.1) is 17.0 Å². The van der Waals surface area contributed by atoms with Crippen LogP contribution in [-0.2, 0) is 6.42 Å². The van der Waals surface area contributed by atoms with Gasteiger partial charge in [-0.25, -0.2) is 9.97 Å². The summed E-state index contributed by atoms with van der Waals surface area (Å²) in [5, 5.41) is 3.22. The van der Waals surface area contributed by atoms with Crippen LogP contribution in [0.25, 0.3) is 0 Å². The number of nitrogens with one attached hydrogen (secondary N) is 1. The molecule has 0 bridgehead atoms. The van der Waals surface area contributed by atoms with E-state index >= 15 is 0 Å². The molecule has 1 heterocycles. The first-order valence-corrected chi connectivity index (χ1v) is 7.27. The number of benzene rings is 1. The molecule has 1 aliphatic carbocycles. The van der Waals surface area contributed by atoms with Gasteiger partial charge >= 0.3 is 0 Å². The number of hydrogen-bond acceptors (Lipinski definition) is 4. The number of Topliss-reactive ketones (excluding diaryl/α,β-unsaturated/α-hetero) is 1. The maximum atomic E-state index is 12.1. The van der Waals surface area contributed by atoms with Crippen molar-refractivity contribution in [2.45, 2.75) is 33.6 Å². The van der Waals surface area contributed by atoms with Gasteiger partial charge in [-0.3, -0.25) is 4.79 Å². The van der Waals surface area contributed by atoms with Crippen molar-refractivity contribution < 1.29 is 4.79 Å². The highest BCUT2D eigenvalue weighted by Gasteiger charge is 2.26. The molecule has 4 nitrogen and oxygen atoms in total. The fraction of sp³-hybridized carbons (Fsp3) is 0.353. The third-order valence-electron chi connectivity index (χ3n) is 3.83. The normalized spacial score (nSPS) is 17.5. The number of ketones is 1. The van der Waals surface area contributed by atoms with E-state index in [2.05, 4.69) is 29.1 Å². The van der Waals surface area contributed by atoms with Gasteiger partial charge < -0.3 is 5.32 Å². The molecule has 1 aromatic heterocycles. The van der Waals surface area contributed by atoms with Crippen LogP contribution in [0.2, 0.25) is 0 Å². The Morgan fingerprint density at radius 2 is 1.81 bits per heavy atom. The molecule has 1 atom stereocenters. The molecule has 2 aromatic rings. The smallest absolute Gasteiger partial charge is 0.227 e. The molecule has 4 heteroatoms. The van der Waals surface area contributed by atoms with E-state index in [1.165, 1.54) is 5.56 Å². The zero-order chi connectivity index (χ0) is 15.0. The van der Waals surface area contributed by atoms with Gasteiger partial charge in [0.1, 0.15) is 0 Å². The van der Waals surface area contributed by atoms with Crippen LogP contribution in [-0.4, -0.2) is 15.8 Å². The van der Waals surface area contributed by atoms with Gasteiger partial charge in [-0.2, -0.15) is 0 Å². The topological polar surface area (TPSA) is 54.9 Å². The third-order valence-corrected chi connectivity index (χ3v) is 3.83. The first-order valence-electron chi connectivity index (χ1n) is 7.27. The van der Waals surface area contributed by atoms with Crippen LogP contribution >= 0.6 is 0 Å². The number of carbonyl (C=O) groups excluding carboxylic acids is 1. The molecule has 0 saturated heterocycles. The Balaban J connectivity index is 1.94. The van der Waals surface area contributed by atoms with Gasteiger partial charge in [0, 0.05) is 12.1 Å². The molecule has 21 heavy (non-hydrogen) atoms. The van der Waals surface area contributed by atoms with Gasteiger partial charge in [-0.15, -0.1) is 0 Å². The minimum atomic E-state index is 0.170. The predicted molar refractivity (Wildman–Crippen MR) is 83.0 cm³/mol. The van der Waals surface area contributed by atoms with E-state index < -0.39 is 0 Å². The molecule has 0 fully saturated rings. The predicted octanol–water partition coefficient (Wildman–Crippen LogP) is 3.60. The minimum Gasteiger partial charge on any atom is -0.324 e. The minimum absolute atomic E-state index is 0.170. The van der Waals surface area contributed by atoms with E-state index in [0.29, 0.717) is 18.3 Å². The maximum Gasteiger partial charge on any atom is 0.227 e. The molecule has 0 saturated carbocycles. The molecule has 0 unspecified atom stereocenters. The number of nitrogens with zero attached hydrogens (tertiary/aromatic N) is 2. The average Bonchev–Trinajstić information content (AvgIpc) is 2.40. The Kier molecular flexibility index (Phi) is 3.45. The molecule has 3 rings (SSSR count). The van der Waals surface area contributed by atoms with Crippen LogP contribution < -0.4 is 5.32 Å². The lowest BCUT2D eigenvalue weighted by atomic mass is 9.86. The Morgan fingerprint density at radius 3 is 2.52 bits per heavy atom. The van der Waals surface area contributed by atoms with Crippen molar-refractivity contribution >= 4 is 17.4 Å². The Morgan fingerprint density at radius 1 is 1.10 bits per heavy atom. The van der Waals surface area contributed by atoms with E-state index in [9.17, 15) is 4.79 Å². The van der Waals surface area contributed by atoms with Crippen LogP contribution in [0, 0.1) is 19.8 Å². The van der Waals surface area contributed by atoms with Crippen LogP contribution in [0.3, 0.4) is 0 Å². The third kappa shape index (κ3) is 2.79. The van der Waals surface area contributed by atoms with Crippen LogP contribution in [0.15, 0.2) is 24.3 Å². The molecule has 1 aliphatic rings. The number of rotatable bonds is 2. The van der Waals surface area contributed by atoms with Gasteiger partial charge in [-0.05, 0) is 38.3 Å². The number of aryl methyl sites for hydroxylation is 2. The highest BCUT2D eigenvalue weighted by Crippen LogP contribution is 2.27. The summed E-state index contributed by atoms with van der Waals surface area (Å²) in [6.45, 7) is 6.02. The Hall–Kier alpha value is -2.23. The summed E-state index contributed by atoms with van der Waals surface area (Å²) >= 11 is 0. The van der Waals surface area contributed by atoms with Crippen molar-refractivity contribution in [2.24, 2.45) is 5.92 Å². The van der Waals surface area contributed by atoms with Crippen molar-refractivity contribution in [3.05, 3.63) is 46.8 Å². The van der Waals surface area contributed by atoms with E-state index in [1.807, 2.05) is 31.2 Å². The van der Waals surface area contributed by atoms with Crippen molar-refractivity contribution in [1.82, 2.24) is 9.97 Å². The molecule has 1 aromatic carbocycles. The van der Waals surface area contributed by atoms with Crippen molar-refractivity contribution in [1.29, 1.82) is 0 Å². The maximum absolute atomic E-state index is 12.1. The molecular weight excluding hydrogens is 262 g/mol. The fourth-order valence-electron chi connectivity index (χ4n) is 2.79. The van der Waals surface area contributed by atoms with Crippen molar-refractivity contribution in [2.75, 3.05) is 5.32 Å². The highest BCUT2D eigenvalue weighted by molar-refractivity contribution is 5.99. The van der Waals surface area contributed by atoms with E-state index in [0.717, 1.165) is 29.1 Å². The lowest BCUT2D eigenvalue weighted by Crippen LogP contribution is -2.22. The van der Waals surface area contributed by atoms with E-state index in [1.54, 1.807) is 0 Å². The quantitative estimate of drug-likeness (QED) is 0.913. The Labute approximate surface area is 124 Å². The van der Waals surface area contributed by atoms with Crippen LogP contribution in [0.4, 0.5) is 11.6 Å². The SMILES string of the molecule is Cc1ccc(Nc2nc(C)c3c(n2)C[C@@H](C)CC3=O)cc1. The number of hydrogen-bond donors (Lipinski definition) is 1. The Bertz CT molecular complexity index is 692. The number of fused-ring (bicyclic) bond motifs is 1. The monoisotopic (exact) mass is 281 g/mol.